The zero-order valence-electron chi connectivity index (χ0n) is 11.7. The van der Waals surface area contributed by atoms with Gasteiger partial charge in [-0.05, 0) is 61.7 Å². The number of carbonyl (C=O) groups is 1. The Morgan fingerprint density at radius 2 is 1.80 bits per heavy atom. The third-order valence-corrected chi connectivity index (χ3v) is 5.93. The molecule has 4 fully saturated rings. The molecule has 5 rings (SSSR count). The second-order valence-electron chi connectivity index (χ2n) is 7.09. The molecule has 5 heteroatoms. The lowest BCUT2D eigenvalue weighted by Crippen LogP contribution is -2.46. The molecule has 0 unspecified atom stereocenters. The second kappa shape index (κ2) is 4.24. The number of aromatic nitrogens is 2. The Morgan fingerprint density at radius 1 is 1.20 bits per heavy atom. The lowest BCUT2D eigenvalue weighted by atomic mass is 9.52. The highest BCUT2D eigenvalue weighted by atomic mass is 16.1. The van der Waals surface area contributed by atoms with Gasteiger partial charge in [-0.1, -0.05) is 0 Å². The van der Waals surface area contributed by atoms with Gasteiger partial charge in [0.2, 0.25) is 0 Å². The van der Waals surface area contributed by atoms with Crippen molar-refractivity contribution in [1.29, 1.82) is 0 Å². The number of nitrogens with two attached hydrogens (primary N) is 2. The highest BCUT2D eigenvalue weighted by Crippen LogP contribution is 2.56. The van der Waals surface area contributed by atoms with E-state index in [9.17, 15) is 4.79 Å². The number of hydrogen-bond donors (Lipinski definition) is 2. The summed E-state index contributed by atoms with van der Waals surface area (Å²) in [6.07, 6.45) is 8.67. The van der Waals surface area contributed by atoms with Crippen LogP contribution in [0, 0.1) is 29.6 Å². The average Bonchev–Trinajstić information content (AvgIpc) is 2.74. The Labute approximate surface area is 118 Å². The molecule has 1 heterocycles. The molecule has 0 aliphatic heterocycles. The molecule has 4 aliphatic carbocycles. The van der Waals surface area contributed by atoms with Crippen molar-refractivity contribution in [3.63, 3.8) is 0 Å². The fourth-order valence-electron chi connectivity index (χ4n) is 5.37. The SMILES string of the molecule is NC(=O)c1c(N)ncn1CC1C2CC3CC(C2)CC1C3. The lowest BCUT2D eigenvalue weighted by molar-refractivity contribution is -0.0431. The fourth-order valence-corrected chi connectivity index (χ4v) is 5.37. The number of imidazole rings is 1. The van der Waals surface area contributed by atoms with E-state index < -0.39 is 5.91 Å². The van der Waals surface area contributed by atoms with Gasteiger partial charge in [0.25, 0.3) is 5.91 Å². The highest BCUT2D eigenvalue weighted by molar-refractivity contribution is 5.95. The molecule has 108 valence electrons. The predicted octanol–water partition coefficient (Wildman–Crippen LogP) is 1.64. The van der Waals surface area contributed by atoms with Crippen LogP contribution in [0.2, 0.25) is 0 Å². The number of carbonyl (C=O) groups excluding carboxylic acids is 1. The first kappa shape index (κ1) is 12.2. The Kier molecular flexibility index (Phi) is 2.59. The molecule has 4 bridgehead atoms. The summed E-state index contributed by atoms with van der Waals surface area (Å²) in [4.78, 5) is 15.6. The van der Waals surface area contributed by atoms with Gasteiger partial charge in [0.1, 0.15) is 0 Å². The minimum atomic E-state index is -0.469. The molecule has 1 aromatic heterocycles. The number of hydrogen-bond acceptors (Lipinski definition) is 3. The summed E-state index contributed by atoms with van der Waals surface area (Å²) in [6.45, 7) is 0.858. The van der Waals surface area contributed by atoms with E-state index in [4.69, 9.17) is 11.5 Å². The van der Waals surface area contributed by atoms with E-state index in [1.54, 1.807) is 6.33 Å². The molecule has 4 aliphatic rings. The molecule has 4 N–H and O–H groups in total. The number of rotatable bonds is 3. The molecule has 0 spiro atoms. The maximum Gasteiger partial charge on any atom is 0.269 e. The quantitative estimate of drug-likeness (QED) is 0.878. The third-order valence-electron chi connectivity index (χ3n) is 5.93. The molecular formula is C15H22N4O. The molecule has 1 aromatic rings. The van der Waals surface area contributed by atoms with Gasteiger partial charge < -0.3 is 16.0 Å². The maximum atomic E-state index is 11.5. The van der Waals surface area contributed by atoms with Gasteiger partial charge in [-0.2, -0.15) is 0 Å². The molecule has 0 aromatic carbocycles. The van der Waals surface area contributed by atoms with E-state index in [0.29, 0.717) is 11.6 Å². The van der Waals surface area contributed by atoms with Crippen molar-refractivity contribution < 1.29 is 4.79 Å². The van der Waals surface area contributed by atoms with Crippen LogP contribution >= 0.6 is 0 Å². The van der Waals surface area contributed by atoms with Gasteiger partial charge in [0, 0.05) is 6.54 Å². The smallest absolute Gasteiger partial charge is 0.269 e. The largest absolute Gasteiger partial charge is 0.382 e. The van der Waals surface area contributed by atoms with Crippen LogP contribution in [0.25, 0.3) is 0 Å². The Hall–Kier alpha value is -1.52. The standard InChI is InChI=1S/C15H22N4O/c16-14-13(15(17)20)19(7-18-14)6-12-10-2-8-1-9(4-10)5-11(12)3-8/h7-12H,1-6,16H2,(H2,17,20). The summed E-state index contributed by atoms with van der Waals surface area (Å²) in [5.74, 6) is 4.07. The summed E-state index contributed by atoms with van der Waals surface area (Å²) >= 11 is 0. The molecule has 0 saturated heterocycles. The van der Waals surface area contributed by atoms with E-state index in [1.165, 1.54) is 32.1 Å². The monoisotopic (exact) mass is 274 g/mol. The van der Waals surface area contributed by atoms with Crippen LogP contribution in [-0.2, 0) is 6.54 Å². The number of amides is 1. The summed E-state index contributed by atoms with van der Waals surface area (Å²) < 4.78 is 1.89. The van der Waals surface area contributed by atoms with Gasteiger partial charge in [-0.3, -0.25) is 4.79 Å². The van der Waals surface area contributed by atoms with Crippen molar-refractivity contribution in [3.05, 3.63) is 12.0 Å². The fraction of sp³-hybridized carbons (Fsp3) is 0.733. The van der Waals surface area contributed by atoms with Crippen molar-refractivity contribution in [2.75, 3.05) is 5.73 Å². The van der Waals surface area contributed by atoms with Crippen LogP contribution in [0.3, 0.4) is 0 Å². The van der Waals surface area contributed by atoms with E-state index in [2.05, 4.69) is 4.98 Å². The molecule has 5 nitrogen and oxygen atoms in total. The Morgan fingerprint density at radius 3 is 2.35 bits per heavy atom. The zero-order valence-corrected chi connectivity index (χ0v) is 11.7. The number of nitrogens with zero attached hydrogens (tertiary/aromatic N) is 2. The minimum absolute atomic E-state index is 0.265. The predicted molar refractivity (Wildman–Crippen MR) is 75.7 cm³/mol. The van der Waals surface area contributed by atoms with Crippen LogP contribution in [0.4, 0.5) is 5.82 Å². The van der Waals surface area contributed by atoms with Crippen molar-refractivity contribution in [3.8, 4) is 0 Å². The topological polar surface area (TPSA) is 86.9 Å². The number of primary amides is 1. The van der Waals surface area contributed by atoms with Crippen molar-refractivity contribution in [2.24, 2.45) is 35.3 Å². The Bertz CT molecular complexity index is 522. The zero-order chi connectivity index (χ0) is 13.9. The third kappa shape index (κ3) is 1.75. The van der Waals surface area contributed by atoms with Crippen molar-refractivity contribution in [2.45, 2.75) is 38.6 Å². The first-order valence-electron chi connectivity index (χ1n) is 7.72. The first-order valence-corrected chi connectivity index (χ1v) is 7.72. The second-order valence-corrected chi connectivity index (χ2v) is 7.09. The molecule has 4 saturated carbocycles. The van der Waals surface area contributed by atoms with E-state index in [1.807, 2.05) is 4.57 Å². The van der Waals surface area contributed by atoms with Gasteiger partial charge in [-0.15, -0.1) is 0 Å². The molecule has 20 heavy (non-hydrogen) atoms. The maximum absolute atomic E-state index is 11.5. The van der Waals surface area contributed by atoms with Crippen LogP contribution in [0.5, 0.6) is 0 Å². The van der Waals surface area contributed by atoms with Crippen LogP contribution in [0.1, 0.15) is 42.6 Å². The lowest BCUT2D eigenvalue weighted by Gasteiger charge is -2.54. The normalized spacial score (nSPS) is 38.3. The van der Waals surface area contributed by atoms with Gasteiger partial charge in [0.15, 0.2) is 11.5 Å². The summed E-state index contributed by atoms with van der Waals surface area (Å²) in [5, 5.41) is 0. The van der Waals surface area contributed by atoms with Crippen LogP contribution in [0.15, 0.2) is 6.33 Å². The highest BCUT2D eigenvalue weighted by Gasteiger charge is 2.48. The van der Waals surface area contributed by atoms with Crippen LogP contribution in [-0.4, -0.2) is 15.5 Å². The first-order chi connectivity index (χ1) is 9.61. The van der Waals surface area contributed by atoms with E-state index in [0.717, 1.165) is 30.2 Å². The summed E-state index contributed by atoms with van der Waals surface area (Å²) in [5.41, 5.74) is 11.6. The molecule has 0 atom stereocenters. The van der Waals surface area contributed by atoms with E-state index >= 15 is 0 Å². The molecular weight excluding hydrogens is 252 g/mol. The summed E-state index contributed by atoms with van der Waals surface area (Å²) in [6, 6.07) is 0. The van der Waals surface area contributed by atoms with Gasteiger partial charge in [-0.25, -0.2) is 4.98 Å². The van der Waals surface area contributed by atoms with Crippen molar-refractivity contribution in [1.82, 2.24) is 9.55 Å². The van der Waals surface area contributed by atoms with Crippen molar-refractivity contribution >= 4 is 11.7 Å². The van der Waals surface area contributed by atoms with Gasteiger partial charge in [0.05, 0.1) is 6.33 Å². The van der Waals surface area contributed by atoms with E-state index in [-0.39, 0.29) is 5.82 Å². The van der Waals surface area contributed by atoms with Crippen LogP contribution < -0.4 is 11.5 Å². The van der Waals surface area contributed by atoms with Gasteiger partial charge >= 0.3 is 0 Å². The molecule has 0 radical (unpaired) electrons. The Balaban J connectivity index is 1.59. The average molecular weight is 274 g/mol. The molecule has 1 amide bonds. The number of nitrogen functional groups attached to an aromatic ring is 1. The number of anilines is 1. The minimum Gasteiger partial charge on any atom is -0.382 e. The summed E-state index contributed by atoms with van der Waals surface area (Å²) in [7, 11) is 0.